The molecule has 0 aromatic rings. The van der Waals surface area contributed by atoms with Crippen molar-refractivity contribution in [2.75, 3.05) is 19.6 Å². The summed E-state index contributed by atoms with van der Waals surface area (Å²) in [5.74, 6) is 0.870. The van der Waals surface area contributed by atoms with E-state index < -0.39 is 0 Å². The smallest absolute Gasteiger partial charge is 0.149 e. The minimum Gasteiger partial charge on any atom is -0.392 e. The summed E-state index contributed by atoms with van der Waals surface area (Å²) in [6, 6.07) is 0. The van der Waals surface area contributed by atoms with Crippen LogP contribution in [0.2, 0.25) is 0 Å². The number of likely N-dealkylation sites (tertiary alicyclic amines) is 1. The van der Waals surface area contributed by atoms with E-state index in [9.17, 15) is 9.90 Å². The molecule has 3 heteroatoms. The Balaban J connectivity index is 2.40. The second-order valence-corrected chi connectivity index (χ2v) is 4.81. The Morgan fingerprint density at radius 2 is 2.14 bits per heavy atom. The van der Waals surface area contributed by atoms with Crippen molar-refractivity contribution >= 4 is 5.78 Å². The predicted molar refractivity (Wildman–Crippen MR) is 56.1 cm³/mol. The van der Waals surface area contributed by atoms with E-state index in [1.54, 1.807) is 0 Å². The Kier molecular flexibility index (Phi) is 4.08. The monoisotopic (exact) mass is 199 g/mol. The van der Waals surface area contributed by atoms with Crippen molar-refractivity contribution in [3.8, 4) is 0 Å². The van der Waals surface area contributed by atoms with Gasteiger partial charge in [-0.1, -0.05) is 20.8 Å². The van der Waals surface area contributed by atoms with Crippen LogP contribution in [0.1, 0.15) is 27.2 Å². The first-order valence-corrected chi connectivity index (χ1v) is 5.42. The second-order valence-electron chi connectivity index (χ2n) is 4.81. The van der Waals surface area contributed by atoms with E-state index in [-0.39, 0.29) is 17.8 Å². The van der Waals surface area contributed by atoms with Crippen LogP contribution in [0.3, 0.4) is 0 Å². The van der Waals surface area contributed by atoms with Crippen molar-refractivity contribution in [1.29, 1.82) is 0 Å². The summed E-state index contributed by atoms with van der Waals surface area (Å²) in [4.78, 5) is 13.6. The lowest BCUT2D eigenvalue weighted by molar-refractivity contribution is -0.124. The van der Waals surface area contributed by atoms with E-state index >= 15 is 0 Å². The van der Waals surface area contributed by atoms with Gasteiger partial charge in [0, 0.05) is 19.0 Å². The van der Waals surface area contributed by atoms with Crippen molar-refractivity contribution in [3.63, 3.8) is 0 Å². The predicted octanol–water partition coefficient (Wildman–Crippen LogP) is 0.914. The summed E-state index contributed by atoms with van der Waals surface area (Å²) >= 11 is 0. The van der Waals surface area contributed by atoms with Crippen LogP contribution in [-0.2, 0) is 4.79 Å². The number of carbonyl (C=O) groups is 1. The molecule has 1 saturated heterocycles. The summed E-state index contributed by atoms with van der Waals surface area (Å²) < 4.78 is 0. The highest BCUT2D eigenvalue weighted by molar-refractivity contribution is 5.82. The first-order chi connectivity index (χ1) is 6.49. The number of piperidine rings is 1. The zero-order valence-corrected chi connectivity index (χ0v) is 9.36. The van der Waals surface area contributed by atoms with Gasteiger partial charge in [0.1, 0.15) is 5.78 Å². The summed E-state index contributed by atoms with van der Waals surface area (Å²) in [6.07, 6.45) is 0.616. The van der Waals surface area contributed by atoms with Crippen LogP contribution >= 0.6 is 0 Å². The lowest BCUT2D eigenvalue weighted by Crippen LogP contribution is -2.45. The number of hydrogen-bond donors (Lipinski definition) is 1. The molecule has 0 saturated carbocycles. The van der Waals surface area contributed by atoms with Gasteiger partial charge in [-0.3, -0.25) is 9.69 Å². The average Bonchev–Trinajstić information content (AvgIpc) is 2.01. The Morgan fingerprint density at radius 1 is 1.50 bits per heavy atom. The molecule has 0 spiro atoms. The Labute approximate surface area is 86.1 Å². The topological polar surface area (TPSA) is 40.5 Å². The summed E-state index contributed by atoms with van der Waals surface area (Å²) in [5.41, 5.74) is 0. The number of aliphatic hydroxyl groups excluding tert-OH is 1. The van der Waals surface area contributed by atoms with E-state index in [0.29, 0.717) is 19.0 Å². The Hall–Kier alpha value is -0.410. The zero-order valence-electron chi connectivity index (χ0n) is 9.36. The number of carbonyl (C=O) groups excluding carboxylic acids is 1. The van der Waals surface area contributed by atoms with Crippen molar-refractivity contribution in [3.05, 3.63) is 0 Å². The molecule has 14 heavy (non-hydrogen) atoms. The van der Waals surface area contributed by atoms with E-state index in [0.717, 1.165) is 13.0 Å². The van der Waals surface area contributed by atoms with Crippen LogP contribution in [0.15, 0.2) is 0 Å². The van der Waals surface area contributed by atoms with Gasteiger partial charge in [-0.15, -0.1) is 0 Å². The average molecular weight is 199 g/mol. The van der Waals surface area contributed by atoms with Crippen molar-refractivity contribution in [2.45, 2.75) is 33.3 Å². The SMILES string of the molecule is CC(C)C(=O)CN1C[C@@H](C)C[C@@H](O)C1. The largest absolute Gasteiger partial charge is 0.392 e. The van der Waals surface area contributed by atoms with E-state index in [2.05, 4.69) is 11.8 Å². The van der Waals surface area contributed by atoms with E-state index in [1.165, 1.54) is 0 Å². The van der Waals surface area contributed by atoms with Gasteiger partial charge in [0.2, 0.25) is 0 Å². The fraction of sp³-hybridized carbons (Fsp3) is 0.909. The van der Waals surface area contributed by atoms with E-state index in [1.807, 2.05) is 13.8 Å². The molecule has 2 atom stereocenters. The standard InChI is InChI=1S/C11H21NO2/c1-8(2)11(14)7-12-5-9(3)4-10(13)6-12/h8-10,13H,4-7H2,1-3H3/t9-,10+/m0/s1. The lowest BCUT2D eigenvalue weighted by atomic mass is 9.97. The number of β-amino-alcohol motifs (C(OH)–C–C–N with tert-alkyl or cyclic N) is 1. The van der Waals surface area contributed by atoms with Gasteiger partial charge in [0.25, 0.3) is 0 Å². The van der Waals surface area contributed by atoms with Crippen molar-refractivity contribution < 1.29 is 9.90 Å². The van der Waals surface area contributed by atoms with Crippen LogP contribution in [0, 0.1) is 11.8 Å². The molecule has 1 aliphatic heterocycles. The number of Topliss-reactive ketones (excluding diaryl/α,β-unsaturated/α-hetero) is 1. The van der Waals surface area contributed by atoms with Gasteiger partial charge in [0.05, 0.1) is 12.6 Å². The van der Waals surface area contributed by atoms with Crippen LogP contribution in [-0.4, -0.2) is 41.5 Å². The molecule has 1 N–H and O–H groups in total. The number of rotatable bonds is 3. The first-order valence-electron chi connectivity index (χ1n) is 5.42. The fourth-order valence-corrected chi connectivity index (χ4v) is 1.96. The van der Waals surface area contributed by atoms with E-state index in [4.69, 9.17) is 0 Å². The van der Waals surface area contributed by atoms with Crippen LogP contribution in [0.5, 0.6) is 0 Å². The van der Waals surface area contributed by atoms with Crippen molar-refractivity contribution in [1.82, 2.24) is 4.90 Å². The molecule has 1 heterocycles. The fourth-order valence-electron chi connectivity index (χ4n) is 1.96. The van der Waals surface area contributed by atoms with Gasteiger partial charge in [-0.25, -0.2) is 0 Å². The first kappa shape index (κ1) is 11.7. The molecule has 1 aliphatic rings. The highest BCUT2D eigenvalue weighted by Gasteiger charge is 2.24. The third-order valence-corrected chi connectivity index (χ3v) is 2.74. The summed E-state index contributed by atoms with van der Waals surface area (Å²) in [6.45, 7) is 8.06. The molecule has 0 aliphatic carbocycles. The summed E-state index contributed by atoms with van der Waals surface area (Å²) in [5, 5.41) is 9.55. The summed E-state index contributed by atoms with van der Waals surface area (Å²) in [7, 11) is 0. The molecular weight excluding hydrogens is 178 g/mol. The molecular formula is C11H21NO2. The van der Waals surface area contributed by atoms with Gasteiger partial charge in [0.15, 0.2) is 0 Å². The third kappa shape index (κ3) is 3.39. The molecule has 1 fully saturated rings. The van der Waals surface area contributed by atoms with Gasteiger partial charge in [-0.2, -0.15) is 0 Å². The third-order valence-electron chi connectivity index (χ3n) is 2.74. The van der Waals surface area contributed by atoms with Crippen molar-refractivity contribution in [2.24, 2.45) is 11.8 Å². The maximum absolute atomic E-state index is 11.5. The normalized spacial score (nSPS) is 29.5. The lowest BCUT2D eigenvalue weighted by Gasteiger charge is -2.33. The van der Waals surface area contributed by atoms with Crippen LogP contribution < -0.4 is 0 Å². The van der Waals surface area contributed by atoms with Gasteiger partial charge >= 0.3 is 0 Å². The highest BCUT2D eigenvalue weighted by atomic mass is 16.3. The molecule has 0 radical (unpaired) electrons. The van der Waals surface area contributed by atoms with Crippen LogP contribution in [0.25, 0.3) is 0 Å². The molecule has 82 valence electrons. The number of nitrogens with zero attached hydrogens (tertiary/aromatic N) is 1. The maximum Gasteiger partial charge on any atom is 0.149 e. The molecule has 0 amide bonds. The number of aliphatic hydroxyl groups is 1. The van der Waals surface area contributed by atoms with Crippen LogP contribution in [0.4, 0.5) is 0 Å². The molecule has 0 aromatic heterocycles. The molecule has 3 nitrogen and oxygen atoms in total. The minimum absolute atomic E-state index is 0.101. The van der Waals surface area contributed by atoms with Gasteiger partial charge < -0.3 is 5.11 Å². The molecule has 0 unspecified atom stereocenters. The molecule has 1 rings (SSSR count). The zero-order chi connectivity index (χ0) is 10.7. The molecule has 0 bridgehead atoms. The maximum atomic E-state index is 11.5. The Morgan fingerprint density at radius 3 is 2.64 bits per heavy atom. The quantitative estimate of drug-likeness (QED) is 0.734. The highest BCUT2D eigenvalue weighted by Crippen LogP contribution is 2.16. The number of hydrogen-bond acceptors (Lipinski definition) is 3. The minimum atomic E-state index is -0.251. The molecule has 0 aromatic carbocycles. The number of ketones is 1. The van der Waals surface area contributed by atoms with Gasteiger partial charge in [-0.05, 0) is 12.3 Å². The second kappa shape index (κ2) is 4.89. The Bertz CT molecular complexity index is 193.